The highest BCUT2D eigenvalue weighted by Crippen LogP contribution is 2.19. The van der Waals surface area contributed by atoms with E-state index >= 15 is 0 Å². The third kappa shape index (κ3) is 2.07. The van der Waals surface area contributed by atoms with Crippen molar-refractivity contribution < 1.29 is 0 Å². The minimum absolute atomic E-state index is 0.706. The Morgan fingerprint density at radius 1 is 1.33 bits per heavy atom. The summed E-state index contributed by atoms with van der Waals surface area (Å²) >= 11 is 11.3. The monoisotopic (exact) mass is 278 g/mol. The van der Waals surface area contributed by atoms with Crippen molar-refractivity contribution in [1.82, 2.24) is 19.3 Å². The molecule has 1 N–H and O–H groups in total. The molecule has 0 saturated carbocycles. The van der Waals surface area contributed by atoms with Gasteiger partial charge < -0.3 is 9.55 Å². The van der Waals surface area contributed by atoms with E-state index < -0.39 is 0 Å². The molecule has 0 amide bonds. The highest BCUT2D eigenvalue weighted by atomic mass is 35.5. The third-order valence-electron chi connectivity index (χ3n) is 2.85. The molecule has 0 atom stereocenters. The molecule has 0 aliphatic rings. The number of halogens is 1. The number of benzene rings is 1. The van der Waals surface area contributed by atoms with Crippen LogP contribution in [0.15, 0.2) is 36.7 Å². The van der Waals surface area contributed by atoms with Crippen LogP contribution in [-0.2, 0) is 13.1 Å². The van der Waals surface area contributed by atoms with Gasteiger partial charge in [0.05, 0.1) is 17.6 Å². The third-order valence-corrected chi connectivity index (χ3v) is 3.41. The van der Waals surface area contributed by atoms with Crippen LogP contribution in [0.1, 0.15) is 0 Å². The topological polar surface area (TPSA) is 38.5 Å². The Labute approximate surface area is 114 Å². The Morgan fingerprint density at radius 3 is 3.00 bits per heavy atom. The lowest BCUT2D eigenvalue weighted by molar-refractivity contribution is 0.538. The van der Waals surface area contributed by atoms with Crippen LogP contribution >= 0.6 is 23.8 Å². The van der Waals surface area contributed by atoms with Crippen molar-refractivity contribution in [3.05, 3.63) is 46.5 Å². The Morgan fingerprint density at radius 2 is 2.22 bits per heavy atom. The van der Waals surface area contributed by atoms with Crippen LogP contribution in [0.4, 0.5) is 0 Å². The maximum atomic E-state index is 5.96. The molecule has 0 bridgehead atoms. The van der Waals surface area contributed by atoms with Crippen LogP contribution < -0.4 is 0 Å². The van der Waals surface area contributed by atoms with Crippen molar-refractivity contribution >= 4 is 34.9 Å². The van der Waals surface area contributed by atoms with Gasteiger partial charge in [-0.2, -0.15) is 5.10 Å². The highest BCUT2D eigenvalue weighted by molar-refractivity contribution is 7.71. The first kappa shape index (κ1) is 11.5. The molecule has 1 aromatic carbocycles. The zero-order chi connectivity index (χ0) is 12.5. The second-order valence-corrected chi connectivity index (χ2v) is 4.84. The van der Waals surface area contributed by atoms with E-state index in [0.29, 0.717) is 9.79 Å². The number of rotatable bonds is 3. The van der Waals surface area contributed by atoms with Gasteiger partial charge in [0.25, 0.3) is 0 Å². The zero-order valence-electron chi connectivity index (χ0n) is 9.51. The number of hydrogen-bond acceptors (Lipinski definition) is 2. The summed E-state index contributed by atoms with van der Waals surface area (Å²) in [6.45, 7) is 1.57. The molecule has 4 nitrogen and oxygen atoms in total. The molecule has 0 fully saturated rings. The number of nitrogens with zero attached hydrogens (tertiary/aromatic N) is 3. The van der Waals surface area contributed by atoms with E-state index in [2.05, 4.69) is 14.6 Å². The molecule has 0 aliphatic heterocycles. The van der Waals surface area contributed by atoms with Crippen molar-refractivity contribution in [2.24, 2.45) is 0 Å². The van der Waals surface area contributed by atoms with Gasteiger partial charge in [0, 0.05) is 24.0 Å². The molecule has 0 aliphatic carbocycles. The lowest BCUT2D eigenvalue weighted by Gasteiger charge is -2.04. The van der Waals surface area contributed by atoms with Crippen LogP contribution in [0.25, 0.3) is 11.0 Å². The predicted molar refractivity (Wildman–Crippen MR) is 74.4 cm³/mol. The number of imidazole rings is 1. The predicted octanol–water partition coefficient (Wildman–Crippen LogP) is 3.25. The molecular weight excluding hydrogens is 268 g/mol. The van der Waals surface area contributed by atoms with Crippen LogP contribution in [0.3, 0.4) is 0 Å². The Kier molecular flexibility index (Phi) is 2.93. The number of fused-ring (bicyclic) bond motifs is 1. The zero-order valence-corrected chi connectivity index (χ0v) is 11.1. The summed E-state index contributed by atoms with van der Waals surface area (Å²) < 4.78 is 4.65. The van der Waals surface area contributed by atoms with Crippen LogP contribution in [-0.4, -0.2) is 19.3 Å². The lowest BCUT2D eigenvalue weighted by Crippen LogP contribution is -2.07. The molecule has 0 spiro atoms. The van der Waals surface area contributed by atoms with Crippen molar-refractivity contribution in [3.8, 4) is 0 Å². The van der Waals surface area contributed by atoms with Gasteiger partial charge in [-0.05, 0) is 36.5 Å². The van der Waals surface area contributed by atoms with Gasteiger partial charge in [0.15, 0.2) is 4.77 Å². The van der Waals surface area contributed by atoms with Gasteiger partial charge in [0.1, 0.15) is 0 Å². The van der Waals surface area contributed by atoms with Gasteiger partial charge in [-0.1, -0.05) is 11.6 Å². The van der Waals surface area contributed by atoms with Crippen molar-refractivity contribution in [2.75, 3.05) is 0 Å². The van der Waals surface area contributed by atoms with Crippen molar-refractivity contribution in [3.63, 3.8) is 0 Å². The maximum absolute atomic E-state index is 5.96. The fraction of sp³-hybridized carbons (Fsp3) is 0.167. The fourth-order valence-electron chi connectivity index (χ4n) is 1.99. The highest BCUT2D eigenvalue weighted by Gasteiger charge is 2.04. The SMILES string of the molecule is S=c1[nH]c2cc(Cl)ccc2n1CCn1cccn1. The molecule has 3 aromatic rings. The first-order valence-corrected chi connectivity index (χ1v) is 6.38. The fourth-order valence-corrected chi connectivity index (χ4v) is 2.46. The molecule has 3 rings (SSSR count). The Bertz CT molecular complexity index is 726. The van der Waals surface area contributed by atoms with Gasteiger partial charge in [-0.15, -0.1) is 0 Å². The number of aromatic nitrogens is 4. The van der Waals surface area contributed by atoms with E-state index in [-0.39, 0.29) is 0 Å². The van der Waals surface area contributed by atoms with Crippen LogP contribution in [0, 0.1) is 4.77 Å². The second-order valence-electron chi connectivity index (χ2n) is 4.01. The number of aromatic amines is 1. The first-order valence-electron chi connectivity index (χ1n) is 5.59. The number of aryl methyl sites for hydroxylation is 2. The second kappa shape index (κ2) is 4.59. The molecule has 2 aromatic heterocycles. The lowest BCUT2D eigenvalue weighted by atomic mass is 10.3. The molecule has 0 radical (unpaired) electrons. The van der Waals surface area contributed by atoms with Gasteiger partial charge in [-0.3, -0.25) is 4.68 Å². The van der Waals surface area contributed by atoms with Crippen LogP contribution in [0.5, 0.6) is 0 Å². The van der Waals surface area contributed by atoms with E-state index in [0.717, 1.165) is 24.1 Å². The molecule has 0 unspecified atom stereocenters. The molecule has 0 saturated heterocycles. The summed E-state index contributed by atoms with van der Waals surface area (Å²) in [5.41, 5.74) is 2.03. The Balaban J connectivity index is 1.96. The van der Waals surface area contributed by atoms with Gasteiger partial charge in [-0.25, -0.2) is 0 Å². The number of H-pyrrole nitrogens is 1. The summed E-state index contributed by atoms with van der Waals surface area (Å²) in [6, 6.07) is 7.65. The van der Waals surface area contributed by atoms with Crippen molar-refractivity contribution in [1.29, 1.82) is 0 Å². The average molecular weight is 279 g/mol. The minimum atomic E-state index is 0.706. The smallest absolute Gasteiger partial charge is 0.178 e. The van der Waals surface area contributed by atoms with Gasteiger partial charge in [0.2, 0.25) is 0 Å². The number of hydrogen-bond donors (Lipinski definition) is 1. The van der Waals surface area contributed by atoms with Crippen molar-refractivity contribution in [2.45, 2.75) is 13.1 Å². The number of nitrogens with one attached hydrogen (secondary N) is 1. The minimum Gasteiger partial charge on any atom is -0.331 e. The summed E-state index contributed by atoms with van der Waals surface area (Å²) in [5, 5.41) is 4.88. The summed E-state index contributed by atoms with van der Waals surface area (Å²) in [5.74, 6) is 0. The molecular formula is C12H11ClN4S. The molecule has 92 valence electrons. The van der Waals surface area contributed by atoms with E-state index in [1.54, 1.807) is 6.20 Å². The molecule has 6 heteroatoms. The maximum Gasteiger partial charge on any atom is 0.178 e. The van der Waals surface area contributed by atoms with Crippen LogP contribution in [0.2, 0.25) is 5.02 Å². The van der Waals surface area contributed by atoms with E-state index in [1.165, 1.54) is 0 Å². The standard InChI is InChI=1S/C12H11ClN4S/c13-9-2-3-11-10(8-9)15-12(18)17(11)7-6-16-5-1-4-14-16/h1-5,8H,6-7H2,(H,15,18). The average Bonchev–Trinajstić information content (AvgIpc) is 2.93. The molecule has 2 heterocycles. The quantitative estimate of drug-likeness (QED) is 0.747. The molecule has 18 heavy (non-hydrogen) atoms. The van der Waals surface area contributed by atoms with E-state index in [4.69, 9.17) is 23.8 Å². The normalized spacial score (nSPS) is 11.2. The van der Waals surface area contributed by atoms with E-state index in [1.807, 2.05) is 35.1 Å². The largest absolute Gasteiger partial charge is 0.331 e. The summed E-state index contributed by atoms with van der Waals surface area (Å²) in [6.07, 6.45) is 3.71. The first-order chi connectivity index (χ1) is 8.74. The van der Waals surface area contributed by atoms with Gasteiger partial charge >= 0.3 is 0 Å². The summed E-state index contributed by atoms with van der Waals surface area (Å²) in [7, 11) is 0. The summed E-state index contributed by atoms with van der Waals surface area (Å²) in [4.78, 5) is 3.16. The van der Waals surface area contributed by atoms with E-state index in [9.17, 15) is 0 Å². The Hall–Kier alpha value is -1.59.